The number of carboxylic acid groups (broad SMARTS) is 1. The Morgan fingerprint density at radius 2 is 1.81 bits per heavy atom. The molecule has 0 aliphatic rings. The minimum atomic E-state index is -0.970. The zero-order valence-electron chi connectivity index (χ0n) is 16.7. The zero-order chi connectivity index (χ0) is 22.0. The third-order valence-corrected chi connectivity index (χ3v) is 6.03. The SMILES string of the molecule is Cc1c(Br)cc(-c2cc(Cl)ccc2OCc2ccccc2)n1-c1cccc(C(=O)O)c1. The molecule has 1 heterocycles. The van der Waals surface area contributed by atoms with E-state index in [4.69, 9.17) is 16.3 Å². The van der Waals surface area contributed by atoms with Crippen molar-refractivity contribution in [3.05, 3.63) is 105 Å². The van der Waals surface area contributed by atoms with Crippen LogP contribution < -0.4 is 4.74 Å². The molecule has 4 rings (SSSR count). The second kappa shape index (κ2) is 9.00. The molecule has 0 aliphatic heterocycles. The minimum absolute atomic E-state index is 0.222. The van der Waals surface area contributed by atoms with Crippen LogP contribution in [0.5, 0.6) is 5.75 Å². The number of halogens is 2. The summed E-state index contributed by atoms with van der Waals surface area (Å²) in [6.45, 7) is 2.39. The van der Waals surface area contributed by atoms with Gasteiger partial charge in [-0.1, -0.05) is 48.0 Å². The highest BCUT2D eigenvalue weighted by atomic mass is 79.9. The predicted molar refractivity (Wildman–Crippen MR) is 126 cm³/mol. The van der Waals surface area contributed by atoms with Crippen LogP contribution in [-0.4, -0.2) is 15.6 Å². The van der Waals surface area contributed by atoms with Crippen molar-refractivity contribution in [2.24, 2.45) is 0 Å². The van der Waals surface area contributed by atoms with Gasteiger partial charge in [0.2, 0.25) is 0 Å². The first-order valence-electron chi connectivity index (χ1n) is 9.62. The lowest BCUT2D eigenvalue weighted by Crippen LogP contribution is -2.04. The van der Waals surface area contributed by atoms with Crippen LogP contribution in [0.1, 0.15) is 21.6 Å². The fourth-order valence-electron chi connectivity index (χ4n) is 3.45. The molecule has 0 bridgehead atoms. The van der Waals surface area contributed by atoms with Crippen molar-refractivity contribution in [3.8, 4) is 22.7 Å². The molecule has 0 fully saturated rings. The molecule has 0 aliphatic carbocycles. The first-order valence-corrected chi connectivity index (χ1v) is 10.8. The number of hydrogen-bond donors (Lipinski definition) is 1. The Hall–Kier alpha value is -3.02. The molecule has 1 aromatic heterocycles. The van der Waals surface area contributed by atoms with Crippen LogP contribution in [-0.2, 0) is 6.61 Å². The topological polar surface area (TPSA) is 51.5 Å². The summed E-state index contributed by atoms with van der Waals surface area (Å²) >= 11 is 9.96. The van der Waals surface area contributed by atoms with Gasteiger partial charge in [-0.05, 0) is 70.9 Å². The number of aromatic carboxylic acids is 1. The summed E-state index contributed by atoms with van der Waals surface area (Å²) in [7, 11) is 0. The summed E-state index contributed by atoms with van der Waals surface area (Å²) in [5.41, 5.74) is 4.62. The smallest absolute Gasteiger partial charge is 0.335 e. The highest BCUT2D eigenvalue weighted by Gasteiger charge is 2.18. The summed E-state index contributed by atoms with van der Waals surface area (Å²) < 4.78 is 9.05. The highest BCUT2D eigenvalue weighted by Crippen LogP contribution is 2.38. The fraction of sp³-hybridized carbons (Fsp3) is 0.0800. The number of carboxylic acids is 1. The van der Waals surface area contributed by atoms with E-state index in [0.717, 1.165) is 32.7 Å². The second-order valence-electron chi connectivity index (χ2n) is 7.07. The third-order valence-electron chi connectivity index (χ3n) is 4.99. The van der Waals surface area contributed by atoms with Crippen molar-refractivity contribution in [2.75, 3.05) is 0 Å². The highest BCUT2D eigenvalue weighted by molar-refractivity contribution is 9.10. The first-order chi connectivity index (χ1) is 14.9. The molecule has 0 spiro atoms. The van der Waals surface area contributed by atoms with Crippen LogP contribution in [0.15, 0.2) is 83.3 Å². The van der Waals surface area contributed by atoms with Crippen molar-refractivity contribution in [1.82, 2.24) is 4.57 Å². The van der Waals surface area contributed by atoms with Gasteiger partial charge in [-0.3, -0.25) is 0 Å². The molecular formula is C25H19BrClNO3. The number of hydrogen-bond acceptors (Lipinski definition) is 2. The Morgan fingerprint density at radius 3 is 2.55 bits per heavy atom. The molecule has 6 heteroatoms. The average molecular weight is 497 g/mol. The third kappa shape index (κ3) is 4.53. The standard InChI is InChI=1S/C25H19BrClNO3/c1-16-22(26)14-23(28(16)20-9-5-8-18(12-20)25(29)30)21-13-19(27)10-11-24(21)31-15-17-6-3-2-4-7-17/h2-14H,15H2,1H3,(H,29,30). The van der Waals surface area contributed by atoms with Crippen LogP contribution >= 0.6 is 27.5 Å². The van der Waals surface area contributed by atoms with Crippen molar-refractivity contribution in [1.29, 1.82) is 0 Å². The van der Waals surface area contributed by atoms with Gasteiger partial charge in [0.15, 0.2) is 0 Å². The van der Waals surface area contributed by atoms with Crippen LogP contribution in [0.2, 0.25) is 5.02 Å². The van der Waals surface area contributed by atoms with Gasteiger partial charge in [-0.2, -0.15) is 0 Å². The Balaban J connectivity index is 1.82. The lowest BCUT2D eigenvalue weighted by atomic mass is 10.1. The Morgan fingerprint density at radius 1 is 1.03 bits per heavy atom. The summed E-state index contributed by atoms with van der Waals surface area (Å²) in [4.78, 5) is 11.5. The molecular weight excluding hydrogens is 478 g/mol. The van der Waals surface area contributed by atoms with Gasteiger partial charge in [0, 0.05) is 26.4 Å². The Bertz CT molecular complexity index is 1250. The first kappa shape index (κ1) is 21.2. The molecule has 4 nitrogen and oxygen atoms in total. The maximum Gasteiger partial charge on any atom is 0.335 e. The van der Waals surface area contributed by atoms with E-state index >= 15 is 0 Å². The van der Waals surface area contributed by atoms with Crippen LogP contribution in [0.25, 0.3) is 16.9 Å². The summed E-state index contributed by atoms with van der Waals surface area (Å²) in [5.74, 6) is -0.282. The van der Waals surface area contributed by atoms with E-state index in [9.17, 15) is 9.90 Å². The van der Waals surface area contributed by atoms with Gasteiger partial charge < -0.3 is 14.4 Å². The van der Waals surface area contributed by atoms with Crippen LogP contribution in [0.4, 0.5) is 0 Å². The average Bonchev–Trinajstić information content (AvgIpc) is 3.08. The van der Waals surface area contributed by atoms with Crippen molar-refractivity contribution < 1.29 is 14.6 Å². The Kier molecular flexibility index (Phi) is 6.16. The molecule has 0 saturated carbocycles. The van der Waals surface area contributed by atoms with Gasteiger partial charge >= 0.3 is 5.97 Å². The van der Waals surface area contributed by atoms with E-state index in [0.29, 0.717) is 17.4 Å². The lowest BCUT2D eigenvalue weighted by Gasteiger charge is -2.16. The number of benzene rings is 3. The van der Waals surface area contributed by atoms with E-state index in [-0.39, 0.29) is 5.56 Å². The van der Waals surface area contributed by atoms with Crippen LogP contribution in [0.3, 0.4) is 0 Å². The molecule has 0 amide bonds. The van der Waals surface area contributed by atoms with Gasteiger partial charge in [-0.25, -0.2) is 4.79 Å². The number of carbonyl (C=O) groups is 1. The number of aromatic nitrogens is 1. The predicted octanol–water partition coefficient (Wildman–Crippen LogP) is 7.15. The van der Waals surface area contributed by atoms with Gasteiger partial charge in [0.05, 0.1) is 11.3 Å². The summed E-state index contributed by atoms with van der Waals surface area (Å²) in [5, 5.41) is 10.0. The molecule has 1 N–H and O–H groups in total. The van der Waals surface area contributed by atoms with Crippen LogP contribution in [0, 0.1) is 6.92 Å². The minimum Gasteiger partial charge on any atom is -0.488 e. The van der Waals surface area contributed by atoms with Gasteiger partial charge in [0.1, 0.15) is 12.4 Å². The monoisotopic (exact) mass is 495 g/mol. The molecule has 31 heavy (non-hydrogen) atoms. The molecule has 0 unspecified atom stereocenters. The molecule has 3 aromatic carbocycles. The quantitative estimate of drug-likeness (QED) is 0.308. The lowest BCUT2D eigenvalue weighted by molar-refractivity contribution is 0.0697. The van der Waals surface area contributed by atoms with E-state index in [1.807, 2.05) is 66.1 Å². The fourth-order valence-corrected chi connectivity index (χ4v) is 4.02. The van der Waals surface area contributed by atoms with Gasteiger partial charge in [0.25, 0.3) is 0 Å². The second-order valence-corrected chi connectivity index (χ2v) is 8.36. The number of ether oxygens (including phenoxy) is 1. The largest absolute Gasteiger partial charge is 0.488 e. The maximum atomic E-state index is 11.5. The molecule has 0 radical (unpaired) electrons. The summed E-state index contributed by atoms with van der Waals surface area (Å²) in [6.07, 6.45) is 0. The maximum absolute atomic E-state index is 11.5. The molecule has 156 valence electrons. The van der Waals surface area contributed by atoms with Crippen molar-refractivity contribution in [2.45, 2.75) is 13.5 Å². The number of nitrogens with zero attached hydrogens (tertiary/aromatic N) is 1. The number of rotatable bonds is 6. The normalized spacial score (nSPS) is 10.8. The van der Waals surface area contributed by atoms with Gasteiger partial charge in [-0.15, -0.1) is 0 Å². The van der Waals surface area contributed by atoms with Crippen molar-refractivity contribution >= 4 is 33.5 Å². The Labute approximate surface area is 193 Å². The van der Waals surface area contributed by atoms with E-state index in [1.54, 1.807) is 24.3 Å². The van der Waals surface area contributed by atoms with Crippen molar-refractivity contribution in [3.63, 3.8) is 0 Å². The molecule has 4 aromatic rings. The van der Waals surface area contributed by atoms with E-state index < -0.39 is 5.97 Å². The summed E-state index contributed by atoms with van der Waals surface area (Å²) in [6, 6.07) is 24.3. The molecule has 0 atom stereocenters. The van der Waals surface area contributed by atoms with E-state index in [2.05, 4.69) is 15.9 Å². The van der Waals surface area contributed by atoms with E-state index in [1.165, 1.54) is 0 Å². The zero-order valence-corrected chi connectivity index (χ0v) is 19.0. The molecule has 0 saturated heterocycles.